The summed E-state index contributed by atoms with van der Waals surface area (Å²) in [6, 6.07) is 5.09. The third-order valence-corrected chi connectivity index (χ3v) is 4.45. The number of nitrogens with one attached hydrogen (secondary N) is 4. The number of aromatic nitrogens is 4. The minimum Gasteiger partial charge on any atom is -0.369 e. The summed E-state index contributed by atoms with van der Waals surface area (Å²) in [4.78, 5) is 19.4. The van der Waals surface area contributed by atoms with Crippen molar-refractivity contribution in [2.24, 2.45) is 7.05 Å². The minimum atomic E-state index is -4.61. The van der Waals surface area contributed by atoms with Crippen molar-refractivity contribution in [1.29, 1.82) is 0 Å². The molecular weight excluding hydrogens is 425 g/mol. The number of carbonyl (C=O) groups excluding carboxylic acids is 1. The lowest BCUT2D eigenvalue weighted by Crippen LogP contribution is -2.40. The van der Waals surface area contributed by atoms with Gasteiger partial charge in [-0.2, -0.15) is 23.3 Å². The second kappa shape index (κ2) is 9.71. The molecule has 0 saturated carbocycles. The van der Waals surface area contributed by atoms with Gasteiger partial charge in [0.05, 0.1) is 11.7 Å². The Bertz CT molecular complexity index is 1080. The first kappa shape index (κ1) is 23.1. The third-order valence-electron chi connectivity index (χ3n) is 4.45. The van der Waals surface area contributed by atoms with Crippen LogP contribution in [0.2, 0.25) is 0 Å². The van der Waals surface area contributed by atoms with Crippen molar-refractivity contribution < 1.29 is 18.0 Å². The Morgan fingerprint density at radius 2 is 1.97 bits per heavy atom. The molecule has 0 aliphatic rings. The maximum atomic E-state index is 13.4. The zero-order valence-corrected chi connectivity index (χ0v) is 17.9. The fourth-order valence-corrected chi connectivity index (χ4v) is 2.95. The van der Waals surface area contributed by atoms with Crippen molar-refractivity contribution in [3.05, 3.63) is 36.2 Å². The summed E-state index contributed by atoms with van der Waals surface area (Å²) < 4.78 is 41.8. The Hall–Kier alpha value is -3.57. The number of alkyl halides is 3. The number of anilines is 3. The van der Waals surface area contributed by atoms with Gasteiger partial charge in [-0.25, -0.2) is 9.78 Å². The summed E-state index contributed by atoms with van der Waals surface area (Å²) in [6.07, 6.45) is -1.73. The highest BCUT2D eigenvalue weighted by Gasteiger charge is 2.35. The van der Waals surface area contributed by atoms with Gasteiger partial charge in [-0.05, 0) is 38.5 Å². The summed E-state index contributed by atoms with van der Waals surface area (Å²) in [6.45, 7) is 4.14. The zero-order valence-electron chi connectivity index (χ0n) is 17.9. The maximum Gasteiger partial charge on any atom is 0.421 e. The van der Waals surface area contributed by atoms with Gasteiger partial charge in [0.15, 0.2) is 0 Å². The van der Waals surface area contributed by atoms with Gasteiger partial charge in [0.25, 0.3) is 0 Å². The summed E-state index contributed by atoms with van der Waals surface area (Å²) in [5.74, 6) is -0.306. The molecule has 32 heavy (non-hydrogen) atoms. The number of benzene rings is 1. The number of rotatable bonds is 8. The molecule has 0 aliphatic carbocycles. The van der Waals surface area contributed by atoms with Crippen LogP contribution in [0.15, 0.2) is 30.6 Å². The molecule has 0 saturated heterocycles. The maximum absolute atomic E-state index is 13.4. The van der Waals surface area contributed by atoms with Gasteiger partial charge in [-0.15, -0.1) is 0 Å². The van der Waals surface area contributed by atoms with Crippen LogP contribution < -0.4 is 21.3 Å². The van der Waals surface area contributed by atoms with Gasteiger partial charge in [0.1, 0.15) is 11.4 Å². The van der Waals surface area contributed by atoms with Gasteiger partial charge in [0.2, 0.25) is 5.95 Å². The summed E-state index contributed by atoms with van der Waals surface area (Å²) in [7, 11) is 1.80. The van der Waals surface area contributed by atoms with Crippen LogP contribution in [-0.2, 0) is 13.2 Å². The number of halogens is 3. The number of fused-ring (bicyclic) bond motifs is 1. The van der Waals surface area contributed by atoms with Crippen molar-refractivity contribution in [2.45, 2.75) is 32.5 Å². The zero-order chi connectivity index (χ0) is 23.3. The highest BCUT2D eigenvalue weighted by molar-refractivity contribution is 5.83. The fraction of sp³-hybridized carbons (Fsp3) is 0.400. The molecule has 12 heteroatoms. The fourth-order valence-electron chi connectivity index (χ4n) is 2.95. The van der Waals surface area contributed by atoms with E-state index in [1.54, 1.807) is 24.0 Å². The van der Waals surface area contributed by atoms with E-state index in [0.717, 1.165) is 17.1 Å². The second-order valence-electron chi connectivity index (χ2n) is 7.46. The summed E-state index contributed by atoms with van der Waals surface area (Å²) >= 11 is 0. The van der Waals surface area contributed by atoms with Crippen LogP contribution in [0, 0.1) is 0 Å². The third kappa shape index (κ3) is 5.99. The Morgan fingerprint density at radius 3 is 2.69 bits per heavy atom. The topological polar surface area (TPSA) is 109 Å². The predicted octanol–water partition coefficient (Wildman–Crippen LogP) is 3.64. The van der Waals surface area contributed by atoms with E-state index >= 15 is 0 Å². The molecule has 2 amide bonds. The van der Waals surface area contributed by atoms with Crippen molar-refractivity contribution in [3.8, 4) is 0 Å². The Morgan fingerprint density at radius 1 is 1.19 bits per heavy atom. The van der Waals surface area contributed by atoms with E-state index in [2.05, 4.69) is 36.3 Å². The molecule has 1 aromatic carbocycles. The number of aryl methyl sites for hydroxylation is 1. The summed E-state index contributed by atoms with van der Waals surface area (Å²) in [5.41, 5.74) is 0.511. The average Bonchev–Trinajstić information content (AvgIpc) is 3.07. The second-order valence-corrected chi connectivity index (χ2v) is 7.46. The van der Waals surface area contributed by atoms with Crippen LogP contribution in [0.1, 0.15) is 25.8 Å². The SMILES string of the molecule is CC(C)NC(=O)NCCCNc1nc(Nc2ccc3cnn(C)c3c2)ncc1C(F)(F)F. The lowest BCUT2D eigenvalue weighted by Gasteiger charge is -2.15. The molecule has 0 bridgehead atoms. The van der Waals surface area contributed by atoms with E-state index < -0.39 is 11.7 Å². The van der Waals surface area contributed by atoms with Crippen molar-refractivity contribution >= 4 is 34.4 Å². The van der Waals surface area contributed by atoms with Gasteiger partial charge in [-0.1, -0.05) is 0 Å². The molecule has 3 rings (SSSR count). The quantitative estimate of drug-likeness (QED) is 0.390. The Balaban J connectivity index is 1.67. The van der Waals surface area contributed by atoms with Crippen LogP contribution in [-0.4, -0.2) is 44.9 Å². The van der Waals surface area contributed by atoms with Gasteiger partial charge >= 0.3 is 12.2 Å². The number of carbonyl (C=O) groups is 1. The van der Waals surface area contributed by atoms with E-state index in [9.17, 15) is 18.0 Å². The minimum absolute atomic E-state index is 0.00648. The number of hydrogen-bond donors (Lipinski definition) is 4. The number of nitrogens with zero attached hydrogens (tertiary/aromatic N) is 4. The molecule has 0 unspecified atom stereocenters. The lowest BCUT2D eigenvalue weighted by molar-refractivity contribution is -0.137. The average molecular weight is 450 g/mol. The molecule has 2 heterocycles. The molecule has 0 radical (unpaired) electrons. The van der Waals surface area contributed by atoms with E-state index in [-0.39, 0.29) is 30.4 Å². The van der Waals surface area contributed by atoms with E-state index in [4.69, 9.17) is 0 Å². The van der Waals surface area contributed by atoms with Crippen LogP contribution in [0.25, 0.3) is 10.9 Å². The molecular formula is C20H25F3N8O. The normalized spacial score (nSPS) is 11.6. The number of hydrogen-bond acceptors (Lipinski definition) is 6. The number of amides is 2. The first-order chi connectivity index (χ1) is 15.1. The van der Waals surface area contributed by atoms with Crippen LogP contribution in [0.3, 0.4) is 0 Å². The predicted molar refractivity (Wildman–Crippen MR) is 116 cm³/mol. The molecule has 0 fully saturated rings. The number of urea groups is 1. The van der Waals surface area contributed by atoms with Crippen molar-refractivity contribution in [1.82, 2.24) is 30.4 Å². The molecule has 0 aliphatic heterocycles. The summed E-state index contributed by atoms with van der Waals surface area (Å²) in [5, 5.41) is 16.0. The smallest absolute Gasteiger partial charge is 0.369 e. The standard InChI is InChI=1S/C20H25F3N8O/c1-12(2)28-19(32)25-8-4-7-24-17-15(20(21,22)23)11-26-18(30-17)29-14-6-5-13-10-27-31(3)16(13)9-14/h5-6,9-12H,4,7-8H2,1-3H3,(H2,25,28,32)(H2,24,26,29,30). The highest BCUT2D eigenvalue weighted by atomic mass is 19.4. The van der Waals surface area contributed by atoms with Crippen LogP contribution >= 0.6 is 0 Å². The first-order valence-corrected chi connectivity index (χ1v) is 10.0. The molecule has 9 nitrogen and oxygen atoms in total. The van der Waals surface area contributed by atoms with E-state index in [1.165, 1.54) is 0 Å². The lowest BCUT2D eigenvalue weighted by atomic mass is 10.2. The van der Waals surface area contributed by atoms with Gasteiger partial charge < -0.3 is 21.3 Å². The molecule has 0 atom stereocenters. The van der Waals surface area contributed by atoms with Gasteiger partial charge in [-0.3, -0.25) is 4.68 Å². The van der Waals surface area contributed by atoms with E-state index in [1.807, 2.05) is 26.0 Å². The Kier molecular flexibility index (Phi) is 7.01. The van der Waals surface area contributed by atoms with Crippen LogP contribution in [0.4, 0.5) is 35.4 Å². The highest BCUT2D eigenvalue weighted by Crippen LogP contribution is 2.34. The molecule has 2 aromatic heterocycles. The Labute approximate surface area is 182 Å². The first-order valence-electron chi connectivity index (χ1n) is 10.0. The molecule has 0 spiro atoms. The largest absolute Gasteiger partial charge is 0.421 e. The van der Waals surface area contributed by atoms with Gasteiger partial charge in [0, 0.05) is 43.4 Å². The molecule has 4 N–H and O–H groups in total. The van der Waals surface area contributed by atoms with Crippen molar-refractivity contribution in [3.63, 3.8) is 0 Å². The monoisotopic (exact) mass is 450 g/mol. The molecule has 172 valence electrons. The molecule has 3 aromatic rings. The van der Waals surface area contributed by atoms with E-state index in [0.29, 0.717) is 18.7 Å². The van der Waals surface area contributed by atoms with Crippen molar-refractivity contribution in [2.75, 3.05) is 23.7 Å². The van der Waals surface area contributed by atoms with Crippen LogP contribution in [0.5, 0.6) is 0 Å².